The van der Waals surface area contributed by atoms with Crippen LogP contribution < -0.4 is 5.32 Å². The number of pyridine rings is 1. The maximum atomic E-state index is 12.0. The number of aromatic nitrogens is 1. The monoisotopic (exact) mass is 296 g/mol. The molecule has 1 aromatic carbocycles. The molecule has 0 aliphatic carbocycles. The van der Waals surface area contributed by atoms with Gasteiger partial charge in [-0.25, -0.2) is 9.78 Å². The van der Waals surface area contributed by atoms with Crippen LogP contribution in [0.2, 0.25) is 0 Å². The summed E-state index contributed by atoms with van der Waals surface area (Å²) in [4.78, 5) is 19.3. The average molecular weight is 296 g/mol. The number of anilines is 1. The quantitative estimate of drug-likeness (QED) is 0.384. The third kappa shape index (κ3) is 3.77. The zero-order valence-electron chi connectivity index (χ0n) is 12.1. The molecule has 0 aliphatic rings. The molecule has 0 bridgehead atoms. The maximum absolute atomic E-state index is 12.0. The molecule has 1 N–H and O–H groups in total. The molecule has 2 rings (SSSR count). The second-order valence-corrected chi connectivity index (χ2v) is 4.41. The van der Waals surface area contributed by atoms with E-state index in [-0.39, 0.29) is 12.3 Å². The van der Waals surface area contributed by atoms with Crippen molar-refractivity contribution in [2.24, 2.45) is 0 Å². The second kappa shape index (κ2) is 7.71. The molecule has 112 valence electrons. The van der Waals surface area contributed by atoms with Crippen molar-refractivity contribution in [2.45, 2.75) is 13.0 Å². The van der Waals surface area contributed by atoms with Crippen molar-refractivity contribution in [1.29, 1.82) is 0 Å². The lowest BCUT2D eigenvalue weighted by Crippen LogP contribution is -2.31. The molecular formula is C16H16N4O2. The van der Waals surface area contributed by atoms with E-state index >= 15 is 0 Å². The van der Waals surface area contributed by atoms with Crippen LogP contribution in [0.25, 0.3) is 5.53 Å². The van der Waals surface area contributed by atoms with Crippen molar-refractivity contribution in [2.75, 3.05) is 11.9 Å². The summed E-state index contributed by atoms with van der Waals surface area (Å²) in [5, 5.41) is 3.08. The smallest absolute Gasteiger partial charge is 0.419 e. The Morgan fingerprint density at radius 1 is 1.27 bits per heavy atom. The van der Waals surface area contributed by atoms with Crippen LogP contribution in [0.4, 0.5) is 5.82 Å². The standard InChI is InChI=1S/C16H16N4O2/c1-2-22-16(21)15(20-17)14(12-8-4-3-5-9-12)19-13-10-6-7-11-18-13/h3-11,14H,2H2,1H3,(H,18,19). The van der Waals surface area contributed by atoms with Crippen LogP contribution in [-0.2, 0) is 9.53 Å². The Balaban J connectivity index is 2.37. The van der Waals surface area contributed by atoms with E-state index in [2.05, 4.69) is 15.1 Å². The number of hydrogen-bond donors (Lipinski definition) is 1. The summed E-state index contributed by atoms with van der Waals surface area (Å²) < 4.78 is 4.94. The fourth-order valence-electron chi connectivity index (χ4n) is 1.97. The molecule has 1 aromatic heterocycles. The molecule has 22 heavy (non-hydrogen) atoms. The van der Waals surface area contributed by atoms with Gasteiger partial charge in [-0.3, -0.25) is 0 Å². The van der Waals surface area contributed by atoms with Gasteiger partial charge < -0.3 is 15.6 Å². The van der Waals surface area contributed by atoms with Gasteiger partial charge in [0.15, 0.2) is 6.04 Å². The molecule has 0 amide bonds. The molecule has 0 spiro atoms. The van der Waals surface area contributed by atoms with E-state index < -0.39 is 12.0 Å². The van der Waals surface area contributed by atoms with Gasteiger partial charge in [-0.1, -0.05) is 36.4 Å². The van der Waals surface area contributed by atoms with Crippen molar-refractivity contribution < 1.29 is 14.3 Å². The Kier molecular flexibility index (Phi) is 5.40. The Bertz CT molecular complexity index is 667. The van der Waals surface area contributed by atoms with E-state index in [0.29, 0.717) is 5.82 Å². The predicted molar refractivity (Wildman–Crippen MR) is 82.3 cm³/mol. The van der Waals surface area contributed by atoms with Gasteiger partial charge in [-0.2, -0.15) is 4.79 Å². The highest BCUT2D eigenvalue weighted by molar-refractivity contribution is 6.36. The van der Waals surface area contributed by atoms with E-state index in [1.165, 1.54) is 0 Å². The van der Waals surface area contributed by atoms with Crippen LogP contribution in [-0.4, -0.2) is 28.1 Å². The zero-order valence-corrected chi connectivity index (χ0v) is 12.1. The highest BCUT2D eigenvalue weighted by Crippen LogP contribution is 2.19. The van der Waals surface area contributed by atoms with Crippen molar-refractivity contribution in [3.8, 4) is 0 Å². The molecule has 0 aliphatic heterocycles. The molecule has 1 atom stereocenters. The molecule has 0 saturated carbocycles. The van der Waals surface area contributed by atoms with Crippen molar-refractivity contribution in [1.82, 2.24) is 4.98 Å². The van der Waals surface area contributed by atoms with Gasteiger partial charge in [0.2, 0.25) is 0 Å². The third-order valence-electron chi connectivity index (χ3n) is 2.96. The number of esters is 1. The number of carbonyl (C=O) groups is 1. The molecule has 1 unspecified atom stereocenters. The summed E-state index contributed by atoms with van der Waals surface area (Å²) in [6.45, 7) is 1.89. The van der Waals surface area contributed by atoms with Crippen molar-refractivity contribution >= 4 is 17.5 Å². The number of ether oxygens (including phenoxy) is 1. The first-order valence-corrected chi connectivity index (χ1v) is 6.87. The molecule has 0 saturated heterocycles. The van der Waals surface area contributed by atoms with Gasteiger partial charge in [-0.15, -0.1) is 0 Å². The van der Waals surface area contributed by atoms with E-state index in [0.717, 1.165) is 5.56 Å². The fraction of sp³-hybridized carbons (Fsp3) is 0.188. The highest BCUT2D eigenvalue weighted by atomic mass is 16.5. The van der Waals surface area contributed by atoms with Gasteiger partial charge in [0, 0.05) is 6.20 Å². The average Bonchev–Trinajstić information content (AvgIpc) is 2.56. The van der Waals surface area contributed by atoms with Crippen molar-refractivity contribution in [3.05, 3.63) is 65.8 Å². The topological polar surface area (TPSA) is 87.6 Å². The molecule has 6 heteroatoms. The van der Waals surface area contributed by atoms with Crippen LogP contribution in [0, 0.1) is 0 Å². The largest absolute Gasteiger partial charge is 0.457 e. The number of benzene rings is 1. The predicted octanol–water partition coefficient (Wildman–Crippen LogP) is 2.47. The Hall–Kier alpha value is -2.98. The van der Waals surface area contributed by atoms with E-state index in [9.17, 15) is 10.3 Å². The molecule has 2 aromatic rings. The second-order valence-electron chi connectivity index (χ2n) is 4.41. The minimum absolute atomic E-state index is 0.126. The van der Waals surface area contributed by atoms with Gasteiger partial charge in [0.05, 0.1) is 6.61 Å². The van der Waals surface area contributed by atoms with E-state index in [4.69, 9.17) is 4.74 Å². The Morgan fingerprint density at radius 2 is 2.00 bits per heavy atom. The first-order chi connectivity index (χ1) is 10.8. The van der Waals surface area contributed by atoms with Crippen LogP contribution in [0.1, 0.15) is 18.5 Å². The normalized spacial score (nSPS) is 11.1. The zero-order chi connectivity index (χ0) is 15.8. The number of nitrogens with zero attached hydrogens (tertiary/aromatic N) is 3. The van der Waals surface area contributed by atoms with Gasteiger partial charge in [-0.05, 0) is 24.6 Å². The Labute approximate surface area is 128 Å². The van der Waals surface area contributed by atoms with E-state index in [1.54, 1.807) is 25.3 Å². The molecule has 0 radical (unpaired) electrons. The third-order valence-corrected chi connectivity index (χ3v) is 2.96. The van der Waals surface area contributed by atoms with Gasteiger partial charge in [0.25, 0.3) is 0 Å². The van der Waals surface area contributed by atoms with E-state index in [1.807, 2.05) is 36.4 Å². The summed E-state index contributed by atoms with van der Waals surface area (Å²) in [5.74, 6) is -0.121. The summed E-state index contributed by atoms with van der Waals surface area (Å²) in [7, 11) is 0. The summed E-state index contributed by atoms with van der Waals surface area (Å²) in [5.41, 5.74) is 9.89. The minimum atomic E-state index is -0.678. The summed E-state index contributed by atoms with van der Waals surface area (Å²) in [6, 6.07) is 13.9. The maximum Gasteiger partial charge on any atom is 0.419 e. The SMILES string of the molecule is CCOC(=O)C(=[N+]=[N-])C(Nc1ccccn1)c1ccccc1. The van der Waals surface area contributed by atoms with Crippen LogP contribution in [0.15, 0.2) is 54.7 Å². The molecule has 6 nitrogen and oxygen atoms in total. The summed E-state index contributed by atoms with van der Waals surface area (Å²) >= 11 is 0. The van der Waals surface area contributed by atoms with Crippen molar-refractivity contribution in [3.63, 3.8) is 0 Å². The number of rotatable bonds is 6. The summed E-state index contributed by atoms with van der Waals surface area (Å²) in [6.07, 6.45) is 1.63. The molecule has 1 heterocycles. The lowest BCUT2D eigenvalue weighted by Gasteiger charge is -2.15. The Morgan fingerprint density at radius 3 is 2.59 bits per heavy atom. The fourth-order valence-corrected chi connectivity index (χ4v) is 1.97. The van der Waals surface area contributed by atoms with Crippen LogP contribution in [0.3, 0.4) is 0 Å². The first kappa shape index (κ1) is 15.4. The first-order valence-electron chi connectivity index (χ1n) is 6.87. The number of nitrogens with one attached hydrogen (secondary N) is 1. The van der Waals surface area contributed by atoms with Crippen LogP contribution in [0.5, 0.6) is 0 Å². The lowest BCUT2D eigenvalue weighted by molar-refractivity contribution is -0.140. The van der Waals surface area contributed by atoms with Crippen LogP contribution >= 0.6 is 0 Å². The highest BCUT2D eigenvalue weighted by Gasteiger charge is 2.34. The van der Waals surface area contributed by atoms with Gasteiger partial charge >= 0.3 is 11.7 Å². The number of hydrogen-bond acceptors (Lipinski definition) is 4. The molecule has 0 fully saturated rings. The minimum Gasteiger partial charge on any atom is -0.457 e. The number of carbonyl (C=O) groups excluding carboxylic acids is 1. The lowest BCUT2D eigenvalue weighted by atomic mass is 10.0. The molecular weight excluding hydrogens is 280 g/mol. The van der Waals surface area contributed by atoms with Gasteiger partial charge in [0.1, 0.15) is 5.82 Å².